The largest absolute Gasteiger partial charge is 0.396 e. The Balaban J connectivity index is 2.20. The van der Waals surface area contributed by atoms with Gasteiger partial charge in [-0.05, 0) is 36.6 Å². The first-order valence-electron chi connectivity index (χ1n) is 6.87. The van der Waals surface area contributed by atoms with Crippen LogP contribution in [-0.4, -0.2) is 39.3 Å². The molecule has 7 heteroatoms. The van der Waals surface area contributed by atoms with Crippen molar-refractivity contribution in [2.75, 3.05) is 13.2 Å². The van der Waals surface area contributed by atoms with Gasteiger partial charge in [0.25, 0.3) is 5.91 Å². The van der Waals surface area contributed by atoms with E-state index >= 15 is 0 Å². The SMILES string of the molecule is Cc1cn[nH]c1C(=O)N(CCCO)Cc1ccc(Cl)c(Cl)c1. The smallest absolute Gasteiger partial charge is 0.272 e. The van der Waals surface area contributed by atoms with E-state index in [1.54, 1.807) is 23.2 Å². The van der Waals surface area contributed by atoms with Gasteiger partial charge in [0.1, 0.15) is 5.69 Å². The molecule has 1 amide bonds. The number of amides is 1. The lowest BCUT2D eigenvalue weighted by molar-refractivity contribution is 0.0725. The van der Waals surface area contributed by atoms with Crippen LogP contribution < -0.4 is 0 Å². The van der Waals surface area contributed by atoms with Gasteiger partial charge in [-0.25, -0.2) is 0 Å². The topological polar surface area (TPSA) is 69.2 Å². The normalized spacial score (nSPS) is 10.7. The molecule has 1 aromatic carbocycles. The Hall–Kier alpha value is -1.56. The van der Waals surface area contributed by atoms with E-state index in [0.717, 1.165) is 11.1 Å². The Morgan fingerprint density at radius 1 is 1.36 bits per heavy atom. The van der Waals surface area contributed by atoms with Crippen LogP contribution in [0.15, 0.2) is 24.4 Å². The lowest BCUT2D eigenvalue weighted by Gasteiger charge is -2.22. The summed E-state index contributed by atoms with van der Waals surface area (Å²) >= 11 is 11.9. The average Bonchev–Trinajstić information content (AvgIpc) is 2.92. The van der Waals surface area contributed by atoms with Crippen molar-refractivity contribution < 1.29 is 9.90 Å². The molecule has 1 aromatic heterocycles. The van der Waals surface area contributed by atoms with Gasteiger partial charge in [0.15, 0.2) is 0 Å². The van der Waals surface area contributed by atoms with Crippen molar-refractivity contribution in [2.45, 2.75) is 19.9 Å². The molecule has 118 valence electrons. The molecule has 5 nitrogen and oxygen atoms in total. The standard InChI is InChI=1S/C15H17Cl2N3O2/c1-10-8-18-19-14(10)15(22)20(5-2-6-21)9-11-3-4-12(16)13(17)7-11/h3-4,7-8,21H,2,5-6,9H2,1H3,(H,18,19). The highest BCUT2D eigenvalue weighted by Crippen LogP contribution is 2.23. The van der Waals surface area contributed by atoms with E-state index < -0.39 is 0 Å². The molecule has 0 unspecified atom stereocenters. The number of aliphatic hydroxyl groups excluding tert-OH is 1. The number of nitrogens with zero attached hydrogens (tertiary/aromatic N) is 2. The molecule has 2 rings (SSSR count). The Bertz CT molecular complexity index is 658. The maximum absolute atomic E-state index is 12.6. The van der Waals surface area contributed by atoms with Crippen LogP contribution in [0, 0.1) is 6.92 Å². The molecular weight excluding hydrogens is 325 g/mol. The number of hydrogen-bond acceptors (Lipinski definition) is 3. The predicted molar refractivity (Wildman–Crippen MR) is 86.2 cm³/mol. The number of nitrogens with one attached hydrogen (secondary N) is 1. The highest BCUT2D eigenvalue weighted by molar-refractivity contribution is 6.42. The number of halogens is 2. The van der Waals surface area contributed by atoms with Crippen molar-refractivity contribution in [2.24, 2.45) is 0 Å². The van der Waals surface area contributed by atoms with Gasteiger partial charge in [-0.15, -0.1) is 0 Å². The number of rotatable bonds is 6. The number of carbonyl (C=O) groups excluding carboxylic acids is 1. The van der Waals surface area contributed by atoms with Gasteiger partial charge in [-0.1, -0.05) is 29.3 Å². The number of benzene rings is 1. The van der Waals surface area contributed by atoms with Crippen LogP contribution >= 0.6 is 23.2 Å². The summed E-state index contributed by atoms with van der Waals surface area (Å²) in [6.07, 6.45) is 2.11. The van der Waals surface area contributed by atoms with E-state index in [1.807, 2.05) is 13.0 Å². The van der Waals surface area contributed by atoms with Crippen molar-refractivity contribution in [3.63, 3.8) is 0 Å². The lowest BCUT2D eigenvalue weighted by atomic mass is 10.2. The molecular formula is C15H17Cl2N3O2. The van der Waals surface area contributed by atoms with Gasteiger partial charge in [-0.2, -0.15) is 5.10 Å². The molecule has 0 spiro atoms. The molecule has 0 bridgehead atoms. The summed E-state index contributed by atoms with van der Waals surface area (Å²) in [7, 11) is 0. The number of aromatic nitrogens is 2. The van der Waals surface area contributed by atoms with Gasteiger partial charge in [0.05, 0.1) is 16.2 Å². The van der Waals surface area contributed by atoms with Crippen LogP contribution in [0.4, 0.5) is 0 Å². The van der Waals surface area contributed by atoms with Crippen molar-refractivity contribution >= 4 is 29.1 Å². The molecule has 0 fully saturated rings. The van der Waals surface area contributed by atoms with E-state index in [4.69, 9.17) is 28.3 Å². The monoisotopic (exact) mass is 341 g/mol. The molecule has 0 radical (unpaired) electrons. The van der Waals surface area contributed by atoms with E-state index in [1.165, 1.54) is 0 Å². The summed E-state index contributed by atoms with van der Waals surface area (Å²) < 4.78 is 0. The number of carbonyl (C=O) groups is 1. The highest BCUT2D eigenvalue weighted by Gasteiger charge is 2.19. The summed E-state index contributed by atoms with van der Waals surface area (Å²) in [4.78, 5) is 14.3. The van der Waals surface area contributed by atoms with Gasteiger partial charge >= 0.3 is 0 Å². The molecule has 0 saturated heterocycles. The van der Waals surface area contributed by atoms with Crippen molar-refractivity contribution in [3.8, 4) is 0 Å². The van der Waals surface area contributed by atoms with E-state index in [0.29, 0.717) is 35.2 Å². The maximum atomic E-state index is 12.6. The molecule has 0 aliphatic heterocycles. The minimum atomic E-state index is -0.158. The van der Waals surface area contributed by atoms with Gasteiger partial charge in [-0.3, -0.25) is 9.89 Å². The minimum absolute atomic E-state index is 0.0209. The fourth-order valence-electron chi connectivity index (χ4n) is 2.09. The van der Waals surface area contributed by atoms with Crippen LogP contribution in [0.5, 0.6) is 0 Å². The third kappa shape index (κ3) is 4.00. The lowest BCUT2D eigenvalue weighted by Crippen LogP contribution is -2.32. The second kappa shape index (κ2) is 7.63. The van der Waals surface area contributed by atoms with E-state index in [2.05, 4.69) is 10.2 Å². The van der Waals surface area contributed by atoms with Crippen LogP contribution in [-0.2, 0) is 6.54 Å². The molecule has 0 saturated carbocycles. The Kier molecular flexibility index (Phi) is 5.83. The third-order valence-corrected chi connectivity index (χ3v) is 4.01. The minimum Gasteiger partial charge on any atom is -0.396 e. The number of aromatic amines is 1. The molecule has 2 aromatic rings. The van der Waals surface area contributed by atoms with Crippen molar-refractivity contribution in [1.29, 1.82) is 0 Å². The highest BCUT2D eigenvalue weighted by atomic mass is 35.5. The summed E-state index contributed by atoms with van der Waals surface area (Å²) in [6, 6.07) is 5.27. The third-order valence-electron chi connectivity index (χ3n) is 3.27. The number of hydrogen-bond donors (Lipinski definition) is 2. The summed E-state index contributed by atoms with van der Waals surface area (Å²) in [5.41, 5.74) is 2.11. The molecule has 0 aliphatic rings. The zero-order valence-corrected chi connectivity index (χ0v) is 13.7. The first-order valence-corrected chi connectivity index (χ1v) is 7.62. The first kappa shape index (κ1) is 16.8. The fourth-order valence-corrected chi connectivity index (χ4v) is 2.41. The molecule has 0 aliphatic carbocycles. The van der Waals surface area contributed by atoms with Gasteiger partial charge < -0.3 is 10.0 Å². The molecule has 2 N–H and O–H groups in total. The Morgan fingerprint density at radius 3 is 2.73 bits per heavy atom. The quantitative estimate of drug-likeness (QED) is 0.848. The van der Waals surface area contributed by atoms with Crippen LogP contribution in [0.2, 0.25) is 10.0 Å². The van der Waals surface area contributed by atoms with Crippen molar-refractivity contribution in [3.05, 3.63) is 51.3 Å². The Morgan fingerprint density at radius 2 is 2.14 bits per heavy atom. The molecule has 22 heavy (non-hydrogen) atoms. The van der Waals surface area contributed by atoms with Crippen molar-refractivity contribution in [1.82, 2.24) is 15.1 Å². The average molecular weight is 342 g/mol. The molecule has 0 atom stereocenters. The van der Waals surface area contributed by atoms with E-state index in [9.17, 15) is 4.79 Å². The zero-order valence-electron chi connectivity index (χ0n) is 12.1. The van der Waals surface area contributed by atoms with Gasteiger partial charge in [0.2, 0.25) is 0 Å². The fraction of sp³-hybridized carbons (Fsp3) is 0.333. The summed E-state index contributed by atoms with van der Waals surface area (Å²) in [6.45, 7) is 2.66. The van der Waals surface area contributed by atoms with E-state index in [-0.39, 0.29) is 12.5 Å². The van der Waals surface area contributed by atoms with Gasteiger partial charge in [0, 0.05) is 19.7 Å². The van der Waals surface area contributed by atoms with Crippen LogP contribution in [0.25, 0.3) is 0 Å². The number of H-pyrrole nitrogens is 1. The Labute approximate surface area is 138 Å². The maximum Gasteiger partial charge on any atom is 0.272 e. The number of aryl methyl sites for hydroxylation is 1. The predicted octanol–water partition coefficient (Wildman–Crippen LogP) is 3.05. The number of aliphatic hydroxyl groups is 1. The summed E-state index contributed by atoms with van der Waals surface area (Å²) in [5.74, 6) is -0.158. The second-order valence-corrected chi connectivity index (χ2v) is 5.79. The second-order valence-electron chi connectivity index (χ2n) is 4.98. The first-order chi connectivity index (χ1) is 10.5. The summed E-state index contributed by atoms with van der Waals surface area (Å²) in [5, 5.41) is 16.6. The zero-order chi connectivity index (χ0) is 16.1. The molecule has 1 heterocycles. The van der Waals surface area contributed by atoms with Crippen LogP contribution in [0.1, 0.15) is 28.0 Å². The van der Waals surface area contributed by atoms with Crippen LogP contribution in [0.3, 0.4) is 0 Å².